The second-order valence-electron chi connectivity index (χ2n) is 9.94. The number of amides is 2. The molecule has 2 heterocycles. The number of hydrogen-bond acceptors (Lipinski definition) is 3. The highest BCUT2D eigenvalue weighted by molar-refractivity contribution is 6.13. The highest BCUT2D eigenvalue weighted by Crippen LogP contribution is 2.47. The fourth-order valence-electron chi connectivity index (χ4n) is 4.92. The molecule has 1 aromatic heterocycles. The highest BCUT2D eigenvalue weighted by atomic mass is 16.6. The number of benzene rings is 3. The van der Waals surface area contributed by atoms with Crippen molar-refractivity contribution in [1.29, 1.82) is 0 Å². The van der Waals surface area contributed by atoms with Crippen LogP contribution >= 0.6 is 0 Å². The minimum Gasteiger partial charge on any atom is -0.444 e. The third-order valence-electron chi connectivity index (χ3n) is 6.34. The van der Waals surface area contributed by atoms with Crippen LogP contribution in [0.4, 0.5) is 10.5 Å². The van der Waals surface area contributed by atoms with Crippen LogP contribution in [0.15, 0.2) is 85.1 Å². The number of ether oxygens (including phenoxy) is 1. The van der Waals surface area contributed by atoms with Crippen molar-refractivity contribution in [2.75, 3.05) is 4.90 Å². The average Bonchev–Trinajstić information content (AvgIpc) is 3.27. The number of nitrogens with zero attached hydrogens (tertiary/aromatic N) is 2. The zero-order valence-electron chi connectivity index (χ0n) is 20.4. The van der Waals surface area contributed by atoms with Gasteiger partial charge in [0.1, 0.15) is 5.60 Å². The predicted molar refractivity (Wildman–Crippen MR) is 137 cm³/mol. The van der Waals surface area contributed by atoms with E-state index in [1.165, 1.54) is 0 Å². The van der Waals surface area contributed by atoms with Gasteiger partial charge in [-0.2, -0.15) is 0 Å². The number of alkyl carbamates (subject to hydrolysis) is 1. The third-order valence-corrected chi connectivity index (χ3v) is 6.34. The summed E-state index contributed by atoms with van der Waals surface area (Å²) < 4.78 is 7.64. The normalized spacial score (nSPS) is 17.5. The average molecular weight is 468 g/mol. The molecule has 5 rings (SSSR count). The Morgan fingerprint density at radius 3 is 2.31 bits per heavy atom. The molecule has 0 aliphatic carbocycles. The second-order valence-corrected chi connectivity index (χ2v) is 9.94. The molecular weight excluding hydrogens is 438 g/mol. The number of aryl methyl sites for hydroxylation is 1. The van der Waals surface area contributed by atoms with Gasteiger partial charge in [-0.05, 0) is 38.5 Å². The van der Waals surface area contributed by atoms with Crippen molar-refractivity contribution in [3.8, 4) is 0 Å². The van der Waals surface area contributed by atoms with Crippen molar-refractivity contribution in [3.05, 3.63) is 102 Å². The summed E-state index contributed by atoms with van der Waals surface area (Å²) in [6.07, 6.45) is 1.29. The molecule has 0 bridgehead atoms. The molecule has 35 heavy (non-hydrogen) atoms. The van der Waals surface area contributed by atoms with E-state index in [-0.39, 0.29) is 5.91 Å². The molecule has 1 aliphatic heterocycles. The fourth-order valence-corrected chi connectivity index (χ4v) is 4.92. The lowest BCUT2D eigenvalue weighted by Crippen LogP contribution is -2.54. The molecule has 1 atom stereocenters. The predicted octanol–water partition coefficient (Wildman–Crippen LogP) is 5.49. The number of para-hydroxylation sites is 2. The van der Waals surface area contributed by atoms with E-state index in [4.69, 9.17) is 4.74 Å². The van der Waals surface area contributed by atoms with Gasteiger partial charge in [0.05, 0.1) is 12.2 Å². The highest BCUT2D eigenvalue weighted by Gasteiger charge is 2.55. The number of anilines is 1. The van der Waals surface area contributed by atoms with E-state index < -0.39 is 17.2 Å². The van der Waals surface area contributed by atoms with Crippen LogP contribution in [-0.2, 0) is 28.7 Å². The molecule has 0 unspecified atom stereocenters. The van der Waals surface area contributed by atoms with E-state index in [2.05, 4.69) is 5.32 Å². The SMILES string of the molecule is Cn1cc([C@@]2(NC(=O)OC(C)(C)C)C(=O)N(Cc3ccccc3)c3ccccc32)c2ccccc21. The summed E-state index contributed by atoms with van der Waals surface area (Å²) in [4.78, 5) is 29.5. The van der Waals surface area contributed by atoms with Crippen LogP contribution in [0.1, 0.15) is 37.5 Å². The standard InChI is InChI=1S/C29H29N3O3/c1-28(2,3)35-27(34)30-29(23-19-31(4)24-16-10-8-14-21(23)24)22-15-9-11-17-25(22)32(26(29)33)18-20-12-6-5-7-13-20/h5-17,19H,18H2,1-4H3,(H,30,34)/t29-/m1/s1. The maximum Gasteiger partial charge on any atom is 0.409 e. The molecular formula is C29H29N3O3. The van der Waals surface area contributed by atoms with Crippen molar-refractivity contribution in [3.63, 3.8) is 0 Å². The molecule has 2 amide bonds. The van der Waals surface area contributed by atoms with Crippen molar-refractivity contribution >= 4 is 28.6 Å². The number of nitrogens with one attached hydrogen (secondary N) is 1. The summed E-state index contributed by atoms with van der Waals surface area (Å²) in [6, 6.07) is 25.4. The van der Waals surface area contributed by atoms with Gasteiger partial charge in [-0.3, -0.25) is 10.1 Å². The van der Waals surface area contributed by atoms with Crippen molar-refractivity contribution < 1.29 is 14.3 Å². The number of rotatable bonds is 4. The van der Waals surface area contributed by atoms with Crippen LogP contribution in [0.2, 0.25) is 0 Å². The molecule has 4 aromatic rings. The molecule has 6 heteroatoms. The summed E-state index contributed by atoms with van der Waals surface area (Å²) in [7, 11) is 1.94. The smallest absolute Gasteiger partial charge is 0.409 e. The number of aromatic nitrogens is 1. The molecule has 1 aliphatic rings. The first-order valence-electron chi connectivity index (χ1n) is 11.7. The Morgan fingerprint density at radius 1 is 0.914 bits per heavy atom. The van der Waals surface area contributed by atoms with Gasteiger partial charge in [-0.25, -0.2) is 4.79 Å². The minimum atomic E-state index is -1.44. The van der Waals surface area contributed by atoms with Crippen LogP contribution in [0, 0.1) is 0 Å². The Balaban J connectivity index is 1.73. The lowest BCUT2D eigenvalue weighted by Gasteiger charge is -2.31. The van der Waals surface area contributed by atoms with E-state index in [0.29, 0.717) is 6.54 Å². The Kier molecular flexibility index (Phi) is 5.39. The first-order chi connectivity index (χ1) is 16.7. The van der Waals surface area contributed by atoms with Gasteiger partial charge >= 0.3 is 6.09 Å². The summed E-state index contributed by atoms with van der Waals surface area (Å²) in [5.74, 6) is -0.218. The summed E-state index contributed by atoms with van der Waals surface area (Å²) >= 11 is 0. The lowest BCUT2D eigenvalue weighted by molar-refractivity contribution is -0.123. The fraction of sp³-hybridized carbons (Fsp3) is 0.241. The Morgan fingerprint density at radius 2 is 1.57 bits per heavy atom. The Hall–Kier alpha value is -4.06. The van der Waals surface area contributed by atoms with E-state index >= 15 is 0 Å². The Labute approximate surface area is 205 Å². The third kappa shape index (κ3) is 3.85. The number of carbonyl (C=O) groups is 2. The van der Waals surface area contributed by atoms with E-state index in [0.717, 1.165) is 33.3 Å². The number of hydrogen-bond donors (Lipinski definition) is 1. The quantitative estimate of drug-likeness (QED) is 0.431. The summed E-state index contributed by atoms with van der Waals surface area (Å²) in [5.41, 5.74) is 2.04. The zero-order chi connectivity index (χ0) is 24.8. The van der Waals surface area contributed by atoms with Crippen LogP contribution in [0.3, 0.4) is 0 Å². The Bertz CT molecular complexity index is 1420. The minimum absolute atomic E-state index is 0.218. The first kappa shape index (κ1) is 22.7. The molecule has 0 radical (unpaired) electrons. The topological polar surface area (TPSA) is 63.6 Å². The van der Waals surface area contributed by atoms with E-state index in [9.17, 15) is 9.59 Å². The van der Waals surface area contributed by atoms with Crippen molar-refractivity contribution in [2.45, 2.75) is 38.5 Å². The monoisotopic (exact) mass is 467 g/mol. The van der Waals surface area contributed by atoms with Crippen LogP contribution in [0.5, 0.6) is 0 Å². The summed E-state index contributed by atoms with van der Waals surface area (Å²) in [5, 5.41) is 3.93. The maximum absolute atomic E-state index is 14.5. The van der Waals surface area contributed by atoms with Crippen LogP contribution in [0.25, 0.3) is 10.9 Å². The molecule has 0 spiro atoms. The molecule has 0 fully saturated rings. The maximum atomic E-state index is 14.5. The first-order valence-corrected chi connectivity index (χ1v) is 11.7. The molecule has 178 valence electrons. The van der Waals surface area contributed by atoms with E-state index in [1.807, 2.05) is 117 Å². The van der Waals surface area contributed by atoms with Gasteiger partial charge in [0.25, 0.3) is 5.91 Å². The molecule has 3 aromatic carbocycles. The van der Waals surface area contributed by atoms with Crippen LogP contribution in [-0.4, -0.2) is 22.2 Å². The summed E-state index contributed by atoms with van der Waals surface area (Å²) in [6.45, 7) is 5.81. The van der Waals surface area contributed by atoms with Gasteiger partial charge in [0.2, 0.25) is 0 Å². The second kappa shape index (κ2) is 8.31. The van der Waals surface area contributed by atoms with Crippen molar-refractivity contribution in [2.24, 2.45) is 7.05 Å². The van der Waals surface area contributed by atoms with E-state index in [1.54, 1.807) is 4.90 Å². The zero-order valence-corrected chi connectivity index (χ0v) is 20.4. The molecule has 1 N–H and O–H groups in total. The van der Waals surface area contributed by atoms with Gasteiger partial charge in [-0.15, -0.1) is 0 Å². The number of fused-ring (bicyclic) bond motifs is 2. The van der Waals surface area contributed by atoms with Gasteiger partial charge in [0.15, 0.2) is 5.54 Å². The molecule has 6 nitrogen and oxygen atoms in total. The van der Waals surface area contributed by atoms with Crippen molar-refractivity contribution in [1.82, 2.24) is 9.88 Å². The van der Waals surface area contributed by atoms with Gasteiger partial charge < -0.3 is 14.2 Å². The number of carbonyl (C=O) groups excluding carboxylic acids is 2. The van der Waals surface area contributed by atoms with Crippen LogP contribution < -0.4 is 10.2 Å². The van der Waals surface area contributed by atoms with Gasteiger partial charge in [0, 0.05) is 35.3 Å². The molecule has 0 saturated carbocycles. The molecule has 0 saturated heterocycles. The van der Waals surface area contributed by atoms with Gasteiger partial charge in [-0.1, -0.05) is 66.7 Å². The lowest BCUT2D eigenvalue weighted by atomic mass is 9.83. The largest absolute Gasteiger partial charge is 0.444 e.